The van der Waals surface area contributed by atoms with Crippen LogP contribution in [-0.4, -0.2) is 24.1 Å². The van der Waals surface area contributed by atoms with Gasteiger partial charge in [-0.1, -0.05) is 37.6 Å². The van der Waals surface area contributed by atoms with Crippen LogP contribution in [0.25, 0.3) is 0 Å². The first-order chi connectivity index (χ1) is 16.7. The average Bonchev–Trinajstić information content (AvgIpc) is 2.83. The van der Waals surface area contributed by atoms with Gasteiger partial charge in [0.25, 0.3) is 11.8 Å². The van der Waals surface area contributed by atoms with Gasteiger partial charge in [-0.15, -0.1) is 0 Å². The molecule has 3 aromatic rings. The number of hydrazone groups is 1. The third-order valence-electron chi connectivity index (χ3n) is 4.99. The lowest BCUT2D eigenvalue weighted by Gasteiger charge is -2.20. The Morgan fingerprint density at radius 2 is 1.77 bits per heavy atom. The van der Waals surface area contributed by atoms with Crippen LogP contribution in [-0.2, 0) is 11.4 Å². The minimum absolute atomic E-state index is 0.194. The number of hydrogen-bond donors (Lipinski definition) is 2. The molecule has 0 heterocycles. The van der Waals surface area contributed by atoms with Gasteiger partial charge in [0.05, 0.1) is 10.7 Å². The molecule has 9 heteroatoms. The fourth-order valence-corrected chi connectivity index (χ4v) is 3.69. The summed E-state index contributed by atoms with van der Waals surface area (Å²) in [6.45, 7) is 4.00. The predicted molar refractivity (Wildman–Crippen MR) is 138 cm³/mol. The van der Waals surface area contributed by atoms with Gasteiger partial charge in [-0.25, -0.2) is 9.82 Å². The molecule has 1 atom stereocenters. The first-order valence-electron chi connectivity index (χ1n) is 10.8. The molecule has 0 bridgehead atoms. The fraction of sp³-hybridized carbons (Fsp3) is 0.192. The van der Waals surface area contributed by atoms with Gasteiger partial charge >= 0.3 is 0 Å². The topological polar surface area (TPSA) is 79.8 Å². The molecule has 2 amide bonds. The molecule has 182 valence electrons. The Morgan fingerprint density at radius 3 is 2.40 bits per heavy atom. The minimum atomic E-state index is -0.819. The maximum Gasteiger partial charge on any atom is 0.262 e. The van der Waals surface area contributed by atoms with E-state index >= 15 is 0 Å². The number of halogens is 3. The number of nitrogens with zero attached hydrogens (tertiary/aromatic N) is 1. The van der Waals surface area contributed by atoms with Crippen molar-refractivity contribution in [1.29, 1.82) is 0 Å². The van der Waals surface area contributed by atoms with E-state index in [1.54, 1.807) is 38.1 Å². The van der Waals surface area contributed by atoms with Crippen LogP contribution in [0.2, 0.25) is 5.02 Å². The average molecular weight is 561 g/mol. The number of hydrogen-bond acceptors (Lipinski definition) is 4. The van der Waals surface area contributed by atoms with E-state index in [1.807, 2.05) is 18.2 Å². The standard InChI is InChI=1S/C26H24BrClFN3O3/c1-16(2)24(31-25(33)19-6-10-21(29)11-7-19)26(34)32-30-14-18-5-12-23(22(27)13-18)35-15-17-3-8-20(28)9-4-17/h3-14,16,24H,15H2,1-2H3,(H,31,33)(H,32,34). The lowest BCUT2D eigenvalue weighted by molar-refractivity contribution is -0.123. The Labute approximate surface area is 216 Å². The van der Waals surface area contributed by atoms with Crippen LogP contribution in [0.15, 0.2) is 76.3 Å². The fourth-order valence-electron chi connectivity index (χ4n) is 3.06. The summed E-state index contributed by atoms with van der Waals surface area (Å²) in [5.41, 5.74) is 4.44. The van der Waals surface area contributed by atoms with Crippen LogP contribution in [0.5, 0.6) is 5.75 Å². The molecule has 1 unspecified atom stereocenters. The second-order valence-electron chi connectivity index (χ2n) is 8.04. The number of carbonyl (C=O) groups excluding carboxylic acids is 2. The molecule has 0 aliphatic carbocycles. The van der Waals surface area contributed by atoms with Gasteiger partial charge in [-0.3, -0.25) is 9.59 Å². The summed E-state index contributed by atoms with van der Waals surface area (Å²) in [6, 6.07) is 17.1. The van der Waals surface area contributed by atoms with Gasteiger partial charge in [0.1, 0.15) is 24.2 Å². The Morgan fingerprint density at radius 1 is 1.09 bits per heavy atom. The third kappa shape index (κ3) is 7.90. The number of amides is 2. The Bertz CT molecular complexity index is 1200. The summed E-state index contributed by atoms with van der Waals surface area (Å²) >= 11 is 9.38. The van der Waals surface area contributed by atoms with Crippen LogP contribution in [0.1, 0.15) is 35.3 Å². The van der Waals surface area contributed by atoms with Crippen molar-refractivity contribution in [2.45, 2.75) is 26.5 Å². The predicted octanol–water partition coefficient (Wildman–Crippen LogP) is 5.73. The molecular formula is C26H24BrClFN3O3. The highest BCUT2D eigenvalue weighted by Gasteiger charge is 2.24. The van der Waals surface area contributed by atoms with Crippen molar-refractivity contribution in [1.82, 2.24) is 10.7 Å². The van der Waals surface area contributed by atoms with Crippen molar-refractivity contribution in [3.05, 3.63) is 98.7 Å². The molecule has 0 spiro atoms. The molecule has 3 rings (SSSR count). The van der Waals surface area contributed by atoms with E-state index in [-0.39, 0.29) is 11.5 Å². The lowest BCUT2D eigenvalue weighted by Crippen LogP contribution is -2.48. The van der Waals surface area contributed by atoms with Gasteiger partial charge in [0.2, 0.25) is 0 Å². The smallest absolute Gasteiger partial charge is 0.262 e. The molecule has 0 fully saturated rings. The molecule has 0 saturated heterocycles. The zero-order chi connectivity index (χ0) is 25.4. The van der Waals surface area contributed by atoms with Gasteiger partial charge in [-0.2, -0.15) is 5.10 Å². The van der Waals surface area contributed by atoms with Crippen LogP contribution in [0, 0.1) is 11.7 Å². The summed E-state index contributed by atoms with van der Waals surface area (Å²) < 4.78 is 19.7. The number of nitrogens with one attached hydrogen (secondary N) is 2. The molecule has 0 aliphatic heterocycles. The summed E-state index contributed by atoms with van der Waals surface area (Å²) in [5.74, 6) is -0.915. The molecule has 0 aliphatic rings. The van der Waals surface area contributed by atoms with E-state index in [4.69, 9.17) is 16.3 Å². The molecule has 0 radical (unpaired) electrons. The largest absolute Gasteiger partial charge is 0.488 e. The van der Waals surface area contributed by atoms with Gasteiger partial charge in [-0.05, 0) is 87.6 Å². The summed E-state index contributed by atoms with van der Waals surface area (Å²) in [5, 5.41) is 7.35. The number of rotatable bonds is 9. The highest BCUT2D eigenvalue weighted by atomic mass is 79.9. The lowest BCUT2D eigenvalue weighted by atomic mass is 10.0. The first-order valence-corrected chi connectivity index (χ1v) is 12.0. The first kappa shape index (κ1) is 26.4. The number of benzene rings is 3. The monoisotopic (exact) mass is 559 g/mol. The van der Waals surface area contributed by atoms with Crippen molar-refractivity contribution in [3.8, 4) is 5.75 Å². The summed E-state index contributed by atoms with van der Waals surface area (Å²) in [4.78, 5) is 25.0. The van der Waals surface area contributed by atoms with Crippen LogP contribution in [0.3, 0.4) is 0 Å². The normalized spacial score (nSPS) is 11.9. The van der Waals surface area contributed by atoms with Gasteiger partial charge in [0, 0.05) is 10.6 Å². The van der Waals surface area contributed by atoms with Crippen molar-refractivity contribution < 1.29 is 18.7 Å². The van der Waals surface area contributed by atoms with E-state index in [0.29, 0.717) is 17.4 Å². The van der Waals surface area contributed by atoms with Crippen molar-refractivity contribution in [2.24, 2.45) is 11.0 Å². The van der Waals surface area contributed by atoms with Crippen LogP contribution < -0.4 is 15.5 Å². The van der Waals surface area contributed by atoms with E-state index in [2.05, 4.69) is 31.8 Å². The van der Waals surface area contributed by atoms with Gasteiger partial charge < -0.3 is 10.1 Å². The van der Waals surface area contributed by atoms with E-state index in [0.717, 1.165) is 15.6 Å². The molecule has 35 heavy (non-hydrogen) atoms. The van der Waals surface area contributed by atoms with Gasteiger partial charge in [0.15, 0.2) is 0 Å². The molecular weight excluding hydrogens is 537 g/mol. The highest BCUT2D eigenvalue weighted by molar-refractivity contribution is 9.10. The Kier molecular flexibility index (Phi) is 9.39. The SMILES string of the molecule is CC(C)C(NC(=O)c1ccc(F)cc1)C(=O)NN=Cc1ccc(OCc2ccc(Cl)cc2)c(Br)c1. The summed E-state index contributed by atoms with van der Waals surface area (Å²) in [7, 11) is 0. The van der Waals surface area contributed by atoms with Crippen molar-refractivity contribution in [3.63, 3.8) is 0 Å². The zero-order valence-electron chi connectivity index (χ0n) is 19.1. The Balaban J connectivity index is 1.56. The third-order valence-corrected chi connectivity index (χ3v) is 5.87. The number of ether oxygens (including phenoxy) is 1. The van der Waals surface area contributed by atoms with E-state index in [1.165, 1.54) is 30.5 Å². The second-order valence-corrected chi connectivity index (χ2v) is 9.33. The number of carbonyl (C=O) groups is 2. The summed E-state index contributed by atoms with van der Waals surface area (Å²) in [6.07, 6.45) is 1.49. The molecule has 0 saturated carbocycles. The second kappa shape index (κ2) is 12.5. The van der Waals surface area contributed by atoms with Crippen molar-refractivity contribution >= 4 is 45.6 Å². The maximum atomic E-state index is 13.1. The molecule has 3 aromatic carbocycles. The van der Waals surface area contributed by atoms with Crippen LogP contribution in [0.4, 0.5) is 4.39 Å². The molecule has 0 aromatic heterocycles. The molecule has 2 N–H and O–H groups in total. The van der Waals surface area contributed by atoms with E-state index in [9.17, 15) is 14.0 Å². The molecule has 6 nitrogen and oxygen atoms in total. The van der Waals surface area contributed by atoms with Crippen molar-refractivity contribution in [2.75, 3.05) is 0 Å². The Hall–Kier alpha value is -3.23. The quantitative estimate of drug-likeness (QED) is 0.259. The minimum Gasteiger partial charge on any atom is -0.488 e. The van der Waals surface area contributed by atoms with E-state index < -0.39 is 23.7 Å². The zero-order valence-corrected chi connectivity index (χ0v) is 21.4. The maximum absolute atomic E-state index is 13.1. The van der Waals surface area contributed by atoms with Crippen LogP contribution >= 0.6 is 27.5 Å². The highest BCUT2D eigenvalue weighted by Crippen LogP contribution is 2.26.